The van der Waals surface area contributed by atoms with Gasteiger partial charge in [-0.2, -0.15) is 0 Å². The number of nitrogens with one attached hydrogen (secondary N) is 3. The summed E-state index contributed by atoms with van der Waals surface area (Å²) in [6, 6.07) is 13.6. The first-order chi connectivity index (χ1) is 17.0. The van der Waals surface area contributed by atoms with Crippen molar-refractivity contribution < 1.29 is 19.5 Å². The number of halogens is 1. The molecule has 0 spiro atoms. The number of amides is 3. The minimum atomic E-state index is -0.961. The van der Waals surface area contributed by atoms with Crippen molar-refractivity contribution in [2.45, 2.75) is 58.9 Å². The Labute approximate surface area is 218 Å². The van der Waals surface area contributed by atoms with Gasteiger partial charge in [0.15, 0.2) is 0 Å². The van der Waals surface area contributed by atoms with Gasteiger partial charge in [0.2, 0.25) is 0 Å². The first-order valence-corrected chi connectivity index (χ1v) is 12.8. The Morgan fingerprint density at radius 1 is 0.972 bits per heavy atom. The third kappa shape index (κ3) is 7.98. The second kappa shape index (κ2) is 12.3. The van der Waals surface area contributed by atoms with Gasteiger partial charge in [-0.25, -0.2) is 4.79 Å². The molecule has 0 aliphatic heterocycles. The van der Waals surface area contributed by atoms with Crippen LogP contribution in [0.4, 0.5) is 10.5 Å². The molecule has 1 atom stereocenters. The highest BCUT2D eigenvalue weighted by molar-refractivity contribution is 6.30. The largest absolute Gasteiger partial charge is 0.481 e. The molecule has 1 unspecified atom stereocenters. The van der Waals surface area contributed by atoms with Crippen LogP contribution in [-0.4, -0.2) is 29.6 Å². The molecular weight excluding hydrogens is 478 g/mol. The normalized spacial score (nSPS) is 18.7. The van der Waals surface area contributed by atoms with Crippen LogP contribution >= 0.6 is 11.6 Å². The molecule has 8 heteroatoms. The standard InChI is InChI=1S/C28H36ClN3O4/c1-28(2,3)21-10-8-19(9-11-21)25(32-27(36)31-23-14-12-22(29)13-15-23)18-4-6-20(7-5-18)26(35)30-17-16-24(33)34/h4-7,12-15,19,21,25H,8-11,16-17H2,1-3H3,(H,30,35)(H,33,34)(H2,31,32,36). The molecule has 1 saturated carbocycles. The van der Waals surface area contributed by atoms with Gasteiger partial charge >= 0.3 is 12.0 Å². The van der Waals surface area contributed by atoms with E-state index in [1.165, 1.54) is 0 Å². The summed E-state index contributed by atoms with van der Waals surface area (Å²) in [4.78, 5) is 36.0. The number of carboxylic acids is 1. The summed E-state index contributed by atoms with van der Waals surface area (Å²) in [5.74, 6) is -0.361. The molecule has 3 amide bonds. The molecule has 3 rings (SSSR count). The molecule has 194 valence electrons. The Hall–Kier alpha value is -3.06. The van der Waals surface area contributed by atoms with Gasteiger partial charge in [0, 0.05) is 22.8 Å². The molecule has 1 aliphatic carbocycles. The Morgan fingerprint density at radius 3 is 2.14 bits per heavy atom. The van der Waals surface area contributed by atoms with Gasteiger partial charge in [-0.05, 0) is 84.9 Å². The van der Waals surface area contributed by atoms with Crippen LogP contribution in [0.5, 0.6) is 0 Å². The highest BCUT2D eigenvalue weighted by atomic mass is 35.5. The number of carbonyl (C=O) groups is 3. The van der Waals surface area contributed by atoms with Crippen molar-refractivity contribution in [1.29, 1.82) is 0 Å². The van der Waals surface area contributed by atoms with E-state index in [-0.39, 0.29) is 42.3 Å². The Morgan fingerprint density at radius 2 is 1.58 bits per heavy atom. The lowest BCUT2D eigenvalue weighted by Crippen LogP contribution is -2.38. The second-order valence-electron chi connectivity index (χ2n) is 10.6. The van der Waals surface area contributed by atoms with Gasteiger partial charge in [0.25, 0.3) is 5.91 Å². The molecule has 0 aromatic heterocycles. The molecule has 7 nitrogen and oxygen atoms in total. The number of rotatable bonds is 8. The predicted molar refractivity (Wildman–Crippen MR) is 142 cm³/mol. The van der Waals surface area contributed by atoms with Crippen molar-refractivity contribution in [3.63, 3.8) is 0 Å². The zero-order valence-corrected chi connectivity index (χ0v) is 21.9. The number of hydrogen-bond donors (Lipinski definition) is 4. The van der Waals surface area contributed by atoms with Crippen LogP contribution in [0.15, 0.2) is 48.5 Å². The predicted octanol–water partition coefficient (Wildman–Crippen LogP) is 6.26. The fourth-order valence-corrected chi connectivity index (χ4v) is 4.99. The number of carbonyl (C=O) groups excluding carboxylic acids is 2. The van der Waals surface area contributed by atoms with Crippen LogP contribution in [0.25, 0.3) is 0 Å². The SMILES string of the molecule is CC(C)(C)C1CCC(C(NC(=O)Nc2ccc(Cl)cc2)c2ccc(C(=O)NCCC(=O)O)cc2)CC1. The van der Waals surface area contributed by atoms with Crippen molar-refractivity contribution in [1.82, 2.24) is 10.6 Å². The summed E-state index contributed by atoms with van der Waals surface area (Å²) in [5, 5.41) is 18.0. The van der Waals surface area contributed by atoms with Crippen LogP contribution < -0.4 is 16.0 Å². The van der Waals surface area contributed by atoms with E-state index >= 15 is 0 Å². The van der Waals surface area contributed by atoms with E-state index in [1.54, 1.807) is 36.4 Å². The number of urea groups is 1. The van der Waals surface area contributed by atoms with Crippen LogP contribution in [0.3, 0.4) is 0 Å². The number of hydrogen-bond acceptors (Lipinski definition) is 3. The molecule has 0 saturated heterocycles. The second-order valence-corrected chi connectivity index (χ2v) is 11.0. The summed E-state index contributed by atoms with van der Waals surface area (Å²) in [6.45, 7) is 6.93. The van der Waals surface area contributed by atoms with Crippen molar-refractivity contribution >= 4 is 35.2 Å². The quantitative estimate of drug-likeness (QED) is 0.334. The fourth-order valence-electron chi connectivity index (χ4n) is 4.86. The summed E-state index contributed by atoms with van der Waals surface area (Å²) >= 11 is 5.95. The molecule has 0 heterocycles. The molecule has 2 aromatic carbocycles. The highest BCUT2D eigenvalue weighted by Crippen LogP contribution is 2.43. The fraction of sp³-hybridized carbons (Fsp3) is 0.464. The summed E-state index contributed by atoms with van der Waals surface area (Å²) < 4.78 is 0. The first-order valence-electron chi connectivity index (χ1n) is 12.5. The molecule has 0 radical (unpaired) electrons. The first kappa shape index (κ1) is 27.5. The van der Waals surface area contributed by atoms with E-state index in [9.17, 15) is 14.4 Å². The van der Waals surface area contributed by atoms with Crippen molar-refractivity contribution in [2.24, 2.45) is 17.3 Å². The van der Waals surface area contributed by atoms with E-state index in [4.69, 9.17) is 16.7 Å². The van der Waals surface area contributed by atoms with Gasteiger partial charge in [0.1, 0.15) is 0 Å². The van der Waals surface area contributed by atoms with Gasteiger partial charge in [0.05, 0.1) is 12.5 Å². The smallest absolute Gasteiger partial charge is 0.319 e. The zero-order valence-electron chi connectivity index (χ0n) is 21.1. The summed E-state index contributed by atoms with van der Waals surface area (Å²) in [6.07, 6.45) is 4.09. The molecular formula is C28H36ClN3O4. The van der Waals surface area contributed by atoms with Crippen LogP contribution in [0.2, 0.25) is 5.02 Å². The number of aliphatic carboxylic acids is 1. The lowest BCUT2D eigenvalue weighted by molar-refractivity contribution is -0.136. The molecule has 1 fully saturated rings. The maximum Gasteiger partial charge on any atom is 0.319 e. The minimum Gasteiger partial charge on any atom is -0.481 e. The van der Waals surface area contributed by atoms with Gasteiger partial charge in [-0.1, -0.05) is 44.5 Å². The van der Waals surface area contributed by atoms with E-state index < -0.39 is 5.97 Å². The third-order valence-electron chi connectivity index (χ3n) is 7.01. The Kier molecular flexibility index (Phi) is 9.37. The monoisotopic (exact) mass is 513 g/mol. The Balaban J connectivity index is 1.73. The van der Waals surface area contributed by atoms with Crippen LogP contribution in [0, 0.1) is 17.3 Å². The maximum absolute atomic E-state index is 12.9. The van der Waals surface area contributed by atoms with Crippen LogP contribution in [0.1, 0.15) is 74.8 Å². The molecule has 4 N–H and O–H groups in total. The lowest BCUT2D eigenvalue weighted by atomic mass is 9.68. The number of carboxylic acid groups (broad SMARTS) is 1. The van der Waals surface area contributed by atoms with Crippen molar-refractivity contribution in [3.8, 4) is 0 Å². The van der Waals surface area contributed by atoms with Gasteiger partial charge in [-0.3, -0.25) is 9.59 Å². The van der Waals surface area contributed by atoms with E-state index in [0.29, 0.717) is 22.2 Å². The molecule has 1 aliphatic rings. The summed E-state index contributed by atoms with van der Waals surface area (Å²) in [7, 11) is 0. The van der Waals surface area contributed by atoms with E-state index in [1.807, 2.05) is 12.1 Å². The van der Waals surface area contributed by atoms with Gasteiger partial charge in [-0.15, -0.1) is 0 Å². The van der Waals surface area contributed by atoms with E-state index in [0.717, 1.165) is 31.2 Å². The molecule has 2 aromatic rings. The summed E-state index contributed by atoms with van der Waals surface area (Å²) in [5.41, 5.74) is 2.29. The highest BCUT2D eigenvalue weighted by Gasteiger charge is 2.34. The third-order valence-corrected chi connectivity index (χ3v) is 7.27. The zero-order chi connectivity index (χ0) is 26.3. The lowest BCUT2D eigenvalue weighted by Gasteiger charge is -2.39. The maximum atomic E-state index is 12.9. The number of benzene rings is 2. The van der Waals surface area contributed by atoms with Gasteiger partial charge < -0.3 is 21.1 Å². The number of anilines is 1. The van der Waals surface area contributed by atoms with Crippen LogP contribution in [-0.2, 0) is 4.79 Å². The van der Waals surface area contributed by atoms with Crippen molar-refractivity contribution in [2.75, 3.05) is 11.9 Å². The molecule has 0 bridgehead atoms. The Bertz CT molecular complexity index is 1040. The minimum absolute atomic E-state index is 0.0714. The molecule has 36 heavy (non-hydrogen) atoms. The van der Waals surface area contributed by atoms with Crippen molar-refractivity contribution in [3.05, 3.63) is 64.7 Å². The van der Waals surface area contributed by atoms with E-state index in [2.05, 4.69) is 36.7 Å². The average Bonchev–Trinajstić information content (AvgIpc) is 2.83. The average molecular weight is 514 g/mol. The topological polar surface area (TPSA) is 108 Å².